The highest BCUT2D eigenvalue weighted by molar-refractivity contribution is 5.69. The molecule has 0 aromatic heterocycles. The fraction of sp³-hybridized carbons (Fsp3) is 0.909. The molecule has 0 aliphatic heterocycles. The lowest BCUT2D eigenvalue weighted by Gasteiger charge is -2.27. The summed E-state index contributed by atoms with van der Waals surface area (Å²) in [6, 6.07) is 0. The fourth-order valence-corrected chi connectivity index (χ4v) is 1.99. The minimum Gasteiger partial charge on any atom is -0.462 e. The number of ether oxygens (including phenoxy) is 1. The van der Waals surface area contributed by atoms with Crippen LogP contribution in [0, 0.1) is 5.92 Å². The summed E-state index contributed by atoms with van der Waals surface area (Å²) in [7, 11) is 0. The van der Waals surface area contributed by atoms with Gasteiger partial charge in [-0.15, -0.1) is 0 Å². The van der Waals surface area contributed by atoms with Gasteiger partial charge in [-0.2, -0.15) is 0 Å². The molecular formula is C11H20O2. The standard InChI is InChI=1S/C11H20O2/c1-3-11(12)13-9(2)10-7-5-4-6-8-10/h9-10H,3-8H2,1-2H3/t9-/m1/s1. The molecule has 0 N–H and O–H groups in total. The molecule has 13 heavy (non-hydrogen) atoms. The summed E-state index contributed by atoms with van der Waals surface area (Å²) in [5, 5.41) is 0. The van der Waals surface area contributed by atoms with Crippen molar-refractivity contribution in [2.45, 2.75) is 58.5 Å². The molecule has 2 heteroatoms. The predicted octanol–water partition coefficient (Wildman–Crippen LogP) is 2.91. The molecule has 1 fully saturated rings. The highest BCUT2D eigenvalue weighted by Gasteiger charge is 2.22. The third kappa shape index (κ3) is 3.37. The Hall–Kier alpha value is -0.530. The van der Waals surface area contributed by atoms with E-state index in [1.807, 2.05) is 13.8 Å². The van der Waals surface area contributed by atoms with Gasteiger partial charge in [0, 0.05) is 6.42 Å². The summed E-state index contributed by atoms with van der Waals surface area (Å²) in [6.07, 6.45) is 7.06. The van der Waals surface area contributed by atoms with Crippen molar-refractivity contribution in [2.75, 3.05) is 0 Å². The third-order valence-corrected chi connectivity index (χ3v) is 2.92. The van der Waals surface area contributed by atoms with Gasteiger partial charge in [-0.3, -0.25) is 4.79 Å². The van der Waals surface area contributed by atoms with E-state index >= 15 is 0 Å². The Morgan fingerprint density at radius 1 is 1.38 bits per heavy atom. The maximum Gasteiger partial charge on any atom is 0.305 e. The third-order valence-electron chi connectivity index (χ3n) is 2.92. The first kappa shape index (κ1) is 10.6. The van der Waals surface area contributed by atoms with E-state index < -0.39 is 0 Å². The Morgan fingerprint density at radius 3 is 2.54 bits per heavy atom. The number of rotatable bonds is 3. The molecular weight excluding hydrogens is 164 g/mol. The normalized spacial score (nSPS) is 21.1. The van der Waals surface area contributed by atoms with Crippen LogP contribution in [-0.2, 0) is 9.53 Å². The Bertz CT molecular complexity index is 159. The van der Waals surface area contributed by atoms with Crippen molar-refractivity contribution in [1.82, 2.24) is 0 Å². The molecule has 0 bridgehead atoms. The lowest BCUT2D eigenvalue weighted by Crippen LogP contribution is -2.25. The summed E-state index contributed by atoms with van der Waals surface area (Å²) in [5.41, 5.74) is 0. The molecule has 0 radical (unpaired) electrons. The first-order chi connectivity index (χ1) is 6.24. The van der Waals surface area contributed by atoms with Gasteiger partial charge in [0.1, 0.15) is 6.10 Å². The molecule has 0 saturated heterocycles. The van der Waals surface area contributed by atoms with Crippen LogP contribution in [0.3, 0.4) is 0 Å². The van der Waals surface area contributed by atoms with E-state index in [0.29, 0.717) is 12.3 Å². The molecule has 76 valence electrons. The zero-order valence-electron chi connectivity index (χ0n) is 8.71. The van der Waals surface area contributed by atoms with Crippen LogP contribution in [0.15, 0.2) is 0 Å². The van der Waals surface area contributed by atoms with Crippen LogP contribution in [0.4, 0.5) is 0 Å². The van der Waals surface area contributed by atoms with Crippen LogP contribution in [0.2, 0.25) is 0 Å². The van der Waals surface area contributed by atoms with E-state index in [9.17, 15) is 4.79 Å². The Labute approximate surface area is 80.7 Å². The molecule has 2 nitrogen and oxygen atoms in total. The SMILES string of the molecule is CCC(=O)O[C@H](C)C1CCCCC1. The molecule has 0 aromatic carbocycles. The van der Waals surface area contributed by atoms with Crippen LogP contribution in [0.5, 0.6) is 0 Å². The summed E-state index contributed by atoms with van der Waals surface area (Å²) in [5.74, 6) is 0.558. The van der Waals surface area contributed by atoms with Gasteiger partial charge in [0.25, 0.3) is 0 Å². The lowest BCUT2D eigenvalue weighted by molar-refractivity contribution is -0.150. The van der Waals surface area contributed by atoms with Crippen LogP contribution in [0.25, 0.3) is 0 Å². The molecule has 1 saturated carbocycles. The Balaban J connectivity index is 2.28. The molecule has 0 heterocycles. The van der Waals surface area contributed by atoms with Gasteiger partial charge >= 0.3 is 5.97 Å². The van der Waals surface area contributed by atoms with Crippen molar-refractivity contribution in [2.24, 2.45) is 5.92 Å². The molecule has 1 rings (SSSR count). The molecule has 0 aromatic rings. The number of hydrogen-bond donors (Lipinski definition) is 0. The molecule has 0 spiro atoms. The smallest absolute Gasteiger partial charge is 0.305 e. The second-order valence-electron chi connectivity index (χ2n) is 3.95. The van der Waals surface area contributed by atoms with E-state index in [1.54, 1.807) is 0 Å². The molecule has 1 aliphatic rings. The first-order valence-corrected chi connectivity index (χ1v) is 5.43. The zero-order valence-corrected chi connectivity index (χ0v) is 8.71. The predicted molar refractivity (Wildman–Crippen MR) is 52.4 cm³/mol. The molecule has 0 amide bonds. The Morgan fingerprint density at radius 2 is 2.00 bits per heavy atom. The molecule has 0 unspecified atom stereocenters. The monoisotopic (exact) mass is 184 g/mol. The van der Waals surface area contributed by atoms with E-state index in [2.05, 4.69) is 0 Å². The van der Waals surface area contributed by atoms with Crippen molar-refractivity contribution < 1.29 is 9.53 Å². The summed E-state index contributed by atoms with van der Waals surface area (Å²) in [6.45, 7) is 3.87. The maximum atomic E-state index is 11.0. The van der Waals surface area contributed by atoms with E-state index in [0.717, 1.165) is 0 Å². The zero-order chi connectivity index (χ0) is 9.68. The highest BCUT2D eigenvalue weighted by Crippen LogP contribution is 2.27. The minimum absolute atomic E-state index is 0.0573. The van der Waals surface area contributed by atoms with E-state index in [-0.39, 0.29) is 12.1 Å². The summed E-state index contributed by atoms with van der Waals surface area (Å²) in [4.78, 5) is 11.0. The topological polar surface area (TPSA) is 26.3 Å². The van der Waals surface area contributed by atoms with Crippen LogP contribution < -0.4 is 0 Å². The fourth-order valence-electron chi connectivity index (χ4n) is 1.99. The van der Waals surface area contributed by atoms with Gasteiger partial charge in [0.05, 0.1) is 0 Å². The van der Waals surface area contributed by atoms with Gasteiger partial charge < -0.3 is 4.74 Å². The second-order valence-corrected chi connectivity index (χ2v) is 3.95. The van der Waals surface area contributed by atoms with Gasteiger partial charge in [0.2, 0.25) is 0 Å². The number of carbonyl (C=O) groups is 1. The van der Waals surface area contributed by atoms with Crippen molar-refractivity contribution in [3.8, 4) is 0 Å². The highest BCUT2D eigenvalue weighted by atomic mass is 16.5. The number of esters is 1. The van der Waals surface area contributed by atoms with Crippen LogP contribution in [-0.4, -0.2) is 12.1 Å². The van der Waals surface area contributed by atoms with E-state index in [4.69, 9.17) is 4.74 Å². The lowest BCUT2D eigenvalue weighted by atomic mass is 9.86. The van der Waals surface area contributed by atoms with Crippen molar-refractivity contribution in [1.29, 1.82) is 0 Å². The van der Waals surface area contributed by atoms with Crippen LogP contribution in [0.1, 0.15) is 52.4 Å². The van der Waals surface area contributed by atoms with Crippen molar-refractivity contribution in [3.05, 3.63) is 0 Å². The number of hydrogen-bond acceptors (Lipinski definition) is 2. The van der Waals surface area contributed by atoms with Gasteiger partial charge in [-0.05, 0) is 25.7 Å². The second kappa shape index (κ2) is 5.25. The summed E-state index contributed by atoms with van der Waals surface area (Å²) < 4.78 is 5.30. The van der Waals surface area contributed by atoms with Crippen LogP contribution >= 0.6 is 0 Å². The van der Waals surface area contributed by atoms with Gasteiger partial charge in [-0.25, -0.2) is 0 Å². The number of carbonyl (C=O) groups excluding carboxylic acids is 1. The van der Waals surface area contributed by atoms with E-state index in [1.165, 1.54) is 32.1 Å². The van der Waals surface area contributed by atoms with Crippen molar-refractivity contribution in [3.63, 3.8) is 0 Å². The largest absolute Gasteiger partial charge is 0.462 e. The van der Waals surface area contributed by atoms with Gasteiger partial charge in [0.15, 0.2) is 0 Å². The van der Waals surface area contributed by atoms with Crippen molar-refractivity contribution >= 4 is 5.97 Å². The minimum atomic E-state index is -0.0573. The average molecular weight is 184 g/mol. The quantitative estimate of drug-likeness (QED) is 0.630. The van der Waals surface area contributed by atoms with Gasteiger partial charge in [-0.1, -0.05) is 26.2 Å². The Kier molecular flexibility index (Phi) is 4.26. The summed E-state index contributed by atoms with van der Waals surface area (Å²) >= 11 is 0. The first-order valence-electron chi connectivity index (χ1n) is 5.43. The average Bonchev–Trinajstić information content (AvgIpc) is 2.19. The maximum absolute atomic E-state index is 11.0. The molecule has 1 atom stereocenters. The molecule has 1 aliphatic carbocycles.